The van der Waals surface area contributed by atoms with Gasteiger partial charge >= 0.3 is 0 Å². The standard InChI is InChI=1S/C15H23NS/c1-3-4-7-10-17-14-11-12-8-5-6-9-13(12)15(14)16-2/h5-6,8-9,14-16H,3-4,7,10-11H2,1-2H3. The van der Waals surface area contributed by atoms with E-state index in [0.717, 1.165) is 5.25 Å². The van der Waals surface area contributed by atoms with E-state index in [1.807, 2.05) is 0 Å². The van der Waals surface area contributed by atoms with Crippen molar-refractivity contribution in [1.29, 1.82) is 0 Å². The molecule has 0 saturated carbocycles. The van der Waals surface area contributed by atoms with E-state index >= 15 is 0 Å². The second-order valence-corrected chi connectivity index (χ2v) is 6.13. The topological polar surface area (TPSA) is 12.0 Å². The second kappa shape index (κ2) is 6.46. The van der Waals surface area contributed by atoms with Gasteiger partial charge in [0.2, 0.25) is 0 Å². The molecule has 0 spiro atoms. The van der Waals surface area contributed by atoms with Crippen molar-refractivity contribution in [3.8, 4) is 0 Å². The van der Waals surface area contributed by atoms with Gasteiger partial charge in [-0.1, -0.05) is 44.0 Å². The first-order valence-electron chi connectivity index (χ1n) is 6.73. The average Bonchev–Trinajstić information content (AvgIpc) is 2.72. The van der Waals surface area contributed by atoms with Crippen LogP contribution in [0.4, 0.5) is 0 Å². The molecule has 0 heterocycles. The van der Waals surface area contributed by atoms with Crippen molar-refractivity contribution in [2.75, 3.05) is 12.8 Å². The summed E-state index contributed by atoms with van der Waals surface area (Å²) in [4.78, 5) is 0. The van der Waals surface area contributed by atoms with Gasteiger partial charge in [0.1, 0.15) is 0 Å². The number of rotatable bonds is 6. The van der Waals surface area contributed by atoms with Crippen LogP contribution in [-0.2, 0) is 6.42 Å². The van der Waals surface area contributed by atoms with E-state index in [0.29, 0.717) is 6.04 Å². The summed E-state index contributed by atoms with van der Waals surface area (Å²) in [6, 6.07) is 9.44. The third kappa shape index (κ3) is 3.05. The fraction of sp³-hybridized carbons (Fsp3) is 0.600. The summed E-state index contributed by atoms with van der Waals surface area (Å²) in [6.07, 6.45) is 5.29. The van der Waals surface area contributed by atoms with E-state index in [1.54, 1.807) is 5.56 Å². The highest BCUT2D eigenvalue weighted by Crippen LogP contribution is 2.38. The van der Waals surface area contributed by atoms with Crippen molar-refractivity contribution in [3.05, 3.63) is 35.4 Å². The van der Waals surface area contributed by atoms with Crippen LogP contribution in [0.15, 0.2) is 24.3 Å². The lowest BCUT2D eigenvalue weighted by atomic mass is 10.1. The van der Waals surface area contributed by atoms with Gasteiger partial charge in [0.05, 0.1) is 0 Å². The lowest BCUT2D eigenvalue weighted by molar-refractivity contribution is 0.603. The molecule has 1 aliphatic rings. The predicted molar refractivity (Wildman–Crippen MR) is 77.7 cm³/mol. The fourth-order valence-electron chi connectivity index (χ4n) is 2.64. The van der Waals surface area contributed by atoms with Gasteiger partial charge in [0, 0.05) is 11.3 Å². The second-order valence-electron chi connectivity index (χ2n) is 4.79. The first-order valence-corrected chi connectivity index (χ1v) is 7.78. The third-order valence-corrected chi connectivity index (χ3v) is 4.97. The molecule has 0 radical (unpaired) electrons. The Morgan fingerprint density at radius 2 is 2.12 bits per heavy atom. The molecule has 2 rings (SSSR count). The summed E-state index contributed by atoms with van der Waals surface area (Å²) < 4.78 is 0. The summed E-state index contributed by atoms with van der Waals surface area (Å²) in [5, 5.41) is 4.22. The SMILES string of the molecule is CCCCCSC1Cc2ccccc2C1NC. The van der Waals surface area contributed by atoms with Crippen LogP contribution in [0.5, 0.6) is 0 Å². The molecule has 0 aromatic heterocycles. The molecule has 2 atom stereocenters. The Balaban J connectivity index is 1.93. The Morgan fingerprint density at radius 3 is 2.88 bits per heavy atom. The smallest absolute Gasteiger partial charge is 0.0444 e. The van der Waals surface area contributed by atoms with Crippen molar-refractivity contribution >= 4 is 11.8 Å². The van der Waals surface area contributed by atoms with Gasteiger partial charge in [-0.25, -0.2) is 0 Å². The molecule has 2 heteroatoms. The van der Waals surface area contributed by atoms with Gasteiger partial charge < -0.3 is 5.32 Å². The monoisotopic (exact) mass is 249 g/mol. The first-order chi connectivity index (χ1) is 8.36. The van der Waals surface area contributed by atoms with Crippen molar-refractivity contribution in [2.45, 2.75) is 43.9 Å². The molecule has 1 aliphatic carbocycles. The molecule has 1 nitrogen and oxygen atoms in total. The normalized spacial score (nSPS) is 22.7. The van der Waals surface area contributed by atoms with Gasteiger partial charge in [-0.2, -0.15) is 11.8 Å². The van der Waals surface area contributed by atoms with Crippen molar-refractivity contribution in [2.24, 2.45) is 0 Å². The highest BCUT2D eigenvalue weighted by molar-refractivity contribution is 7.99. The average molecular weight is 249 g/mol. The van der Waals surface area contributed by atoms with Crippen molar-refractivity contribution in [3.63, 3.8) is 0 Å². The minimum atomic E-state index is 0.554. The summed E-state index contributed by atoms with van der Waals surface area (Å²) >= 11 is 2.15. The highest BCUT2D eigenvalue weighted by atomic mass is 32.2. The van der Waals surface area contributed by atoms with Crippen molar-refractivity contribution < 1.29 is 0 Å². The van der Waals surface area contributed by atoms with Crippen LogP contribution in [0.3, 0.4) is 0 Å². The quantitative estimate of drug-likeness (QED) is 0.770. The fourth-order valence-corrected chi connectivity index (χ4v) is 4.09. The van der Waals surface area contributed by atoms with Gasteiger partial charge in [-0.05, 0) is 36.8 Å². The lowest BCUT2D eigenvalue weighted by Gasteiger charge is -2.19. The maximum atomic E-state index is 3.49. The third-order valence-electron chi connectivity index (χ3n) is 3.57. The molecule has 1 aromatic carbocycles. The molecule has 17 heavy (non-hydrogen) atoms. The molecular weight excluding hydrogens is 226 g/mol. The largest absolute Gasteiger partial charge is 0.312 e. The van der Waals surface area contributed by atoms with Gasteiger partial charge in [0.25, 0.3) is 0 Å². The molecule has 2 unspecified atom stereocenters. The van der Waals surface area contributed by atoms with Gasteiger partial charge in [0.15, 0.2) is 0 Å². The van der Waals surface area contributed by atoms with Crippen molar-refractivity contribution in [1.82, 2.24) is 5.32 Å². The number of nitrogens with one attached hydrogen (secondary N) is 1. The number of thioether (sulfide) groups is 1. The maximum absolute atomic E-state index is 3.49. The van der Waals surface area contributed by atoms with Crippen LogP contribution in [0.1, 0.15) is 43.4 Å². The Kier molecular flexibility index (Phi) is 4.93. The van der Waals surface area contributed by atoms with Gasteiger partial charge in [-0.3, -0.25) is 0 Å². The van der Waals surface area contributed by atoms with E-state index in [2.05, 4.69) is 55.3 Å². The van der Waals surface area contributed by atoms with Crippen LogP contribution in [-0.4, -0.2) is 18.1 Å². The molecule has 94 valence electrons. The number of benzene rings is 1. The summed E-state index contributed by atoms with van der Waals surface area (Å²) in [7, 11) is 2.09. The van der Waals surface area contributed by atoms with Crippen LogP contribution >= 0.6 is 11.8 Å². The highest BCUT2D eigenvalue weighted by Gasteiger charge is 2.30. The first kappa shape index (κ1) is 13.0. The zero-order valence-electron chi connectivity index (χ0n) is 10.9. The van der Waals surface area contributed by atoms with E-state index < -0.39 is 0 Å². The predicted octanol–water partition coefficient (Wildman–Crippen LogP) is 3.80. The summed E-state index contributed by atoms with van der Waals surface area (Å²) in [6.45, 7) is 2.27. The Morgan fingerprint density at radius 1 is 1.29 bits per heavy atom. The molecule has 0 aliphatic heterocycles. The summed E-state index contributed by atoms with van der Waals surface area (Å²) in [5.74, 6) is 1.31. The Bertz CT molecular complexity index is 351. The summed E-state index contributed by atoms with van der Waals surface area (Å²) in [5.41, 5.74) is 3.06. The van der Waals surface area contributed by atoms with E-state index in [4.69, 9.17) is 0 Å². The minimum Gasteiger partial charge on any atom is -0.312 e. The zero-order valence-corrected chi connectivity index (χ0v) is 11.7. The van der Waals surface area contributed by atoms with Crippen LogP contribution < -0.4 is 5.32 Å². The van der Waals surface area contributed by atoms with Gasteiger partial charge in [-0.15, -0.1) is 0 Å². The lowest BCUT2D eigenvalue weighted by Crippen LogP contribution is -2.23. The molecule has 0 amide bonds. The van der Waals surface area contributed by atoms with E-state index in [1.165, 1.54) is 37.0 Å². The number of unbranched alkanes of at least 4 members (excludes halogenated alkanes) is 2. The van der Waals surface area contributed by atoms with Crippen LogP contribution in [0.2, 0.25) is 0 Å². The molecule has 0 saturated heterocycles. The Hall–Kier alpha value is -0.470. The van der Waals surface area contributed by atoms with E-state index in [9.17, 15) is 0 Å². The maximum Gasteiger partial charge on any atom is 0.0444 e. The van der Waals surface area contributed by atoms with Crippen LogP contribution in [0, 0.1) is 0 Å². The van der Waals surface area contributed by atoms with Crippen LogP contribution in [0.25, 0.3) is 0 Å². The zero-order chi connectivity index (χ0) is 12.1. The number of hydrogen-bond donors (Lipinski definition) is 1. The molecule has 1 aromatic rings. The minimum absolute atomic E-state index is 0.554. The molecule has 1 N–H and O–H groups in total. The molecule has 0 bridgehead atoms. The molecular formula is C15H23NS. The Labute approximate surface area is 109 Å². The molecule has 0 fully saturated rings. The van der Waals surface area contributed by atoms with E-state index in [-0.39, 0.29) is 0 Å². The number of hydrogen-bond acceptors (Lipinski definition) is 2. The number of fused-ring (bicyclic) bond motifs is 1.